The molecule has 0 radical (unpaired) electrons. The third-order valence-corrected chi connectivity index (χ3v) is 3.51. The summed E-state index contributed by atoms with van der Waals surface area (Å²) >= 11 is 0. The Hall–Kier alpha value is -1.31. The van der Waals surface area contributed by atoms with E-state index >= 15 is 0 Å². The van der Waals surface area contributed by atoms with Gasteiger partial charge in [-0.3, -0.25) is 4.79 Å². The summed E-state index contributed by atoms with van der Waals surface area (Å²) in [5.74, 6) is -0.703. The molecule has 0 fully saturated rings. The Morgan fingerprint density at radius 2 is 1.23 bits per heavy atom. The van der Waals surface area contributed by atoms with Gasteiger partial charge in [-0.15, -0.1) is 0 Å². The van der Waals surface area contributed by atoms with Crippen LogP contribution in [0.3, 0.4) is 0 Å². The molecule has 0 bridgehead atoms. The zero-order valence-corrected chi connectivity index (χ0v) is 14.3. The van der Waals surface area contributed by atoms with Crippen molar-refractivity contribution in [2.75, 3.05) is 0 Å². The summed E-state index contributed by atoms with van der Waals surface area (Å²) in [5, 5.41) is 8.50. The standard InChI is InChI=1S/C20H34O2/c1-2-3-4-5-6-7-8-9-10-11-12-13-14-15-16-17-18-19-20(21)22/h3-4,12-13,15-16H,2,5-11,14,17-19H2,1H3,(H,21,22). The number of rotatable bonds is 15. The normalized spacial score (nSPS) is 12.0. The molecule has 0 aliphatic rings. The Morgan fingerprint density at radius 1 is 0.727 bits per heavy atom. The third-order valence-electron chi connectivity index (χ3n) is 3.51. The highest BCUT2D eigenvalue weighted by atomic mass is 16.4. The van der Waals surface area contributed by atoms with Crippen LogP contribution in [0.25, 0.3) is 0 Å². The van der Waals surface area contributed by atoms with E-state index < -0.39 is 5.97 Å². The number of allylic oxidation sites excluding steroid dienone is 6. The molecule has 0 saturated carbocycles. The molecular weight excluding hydrogens is 272 g/mol. The minimum absolute atomic E-state index is 0.273. The number of carboxylic acids is 1. The highest BCUT2D eigenvalue weighted by Crippen LogP contribution is 2.08. The average Bonchev–Trinajstić information content (AvgIpc) is 2.50. The molecule has 0 aliphatic carbocycles. The summed E-state index contributed by atoms with van der Waals surface area (Å²) in [6.07, 6.45) is 26.4. The SMILES string of the molecule is CCC=CCCCCCCCC=CCC=CCCCC(=O)O. The van der Waals surface area contributed by atoms with E-state index in [1.807, 2.05) is 0 Å². The quantitative estimate of drug-likeness (QED) is 0.279. The van der Waals surface area contributed by atoms with Crippen LogP contribution in [0.1, 0.15) is 84.0 Å². The second-order valence-corrected chi connectivity index (χ2v) is 5.69. The molecule has 0 aromatic carbocycles. The van der Waals surface area contributed by atoms with Crippen LogP contribution in [0.2, 0.25) is 0 Å². The van der Waals surface area contributed by atoms with Crippen LogP contribution in [-0.4, -0.2) is 11.1 Å². The molecule has 1 N–H and O–H groups in total. The van der Waals surface area contributed by atoms with Crippen LogP contribution in [-0.2, 0) is 4.79 Å². The second kappa shape index (κ2) is 17.7. The van der Waals surface area contributed by atoms with Crippen molar-refractivity contribution in [2.24, 2.45) is 0 Å². The largest absolute Gasteiger partial charge is 0.481 e. The van der Waals surface area contributed by atoms with E-state index in [0.717, 1.165) is 25.7 Å². The average molecular weight is 306 g/mol. The van der Waals surface area contributed by atoms with E-state index in [1.165, 1.54) is 44.9 Å². The first kappa shape index (κ1) is 20.7. The summed E-state index contributed by atoms with van der Waals surface area (Å²) in [6, 6.07) is 0. The maximum atomic E-state index is 10.3. The molecule has 0 aliphatic heterocycles. The Balaban J connectivity index is 3.22. The zero-order valence-electron chi connectivity index (χ0n) is 14.3. The highest BCUT2D eigenvalue weighted by molar-refractivity contribution is 5.66. The number of hydrogen-bond donors (Lipinski definition) is 1. The van der Waals surface area contributed by atoms with Crippen molar-refractivity contribution in [3.05, 3.63) is 36.5 Å². The minimum Gasteiger partial charge on any atom is -0.481 e. The summed E-state index contributed by atoms with van der Waals surface area (Å²) in [4.78, 5) is 10.3. The maximum absolute atomic E-state index is 10.3. The van der Waals surface area contributed by atoms with E-state index in [9.17, 15) is 4.79 Å². The zero-order chi connectivity index (χ0) is 16.3. The molecule has 0 unspecified atom stereocenters. The van der Waals surface area contributed by atoms with Gasteiger partial charge in [0.05, 0.1) is 0 Å². The molecule has 0 spiro atoms. The molecule has 22 heavy (non-hydrogen) atoms. The fraction of sp³-hybridized carbons (Fsp3) is 0.650. The number of unbranched alkanes of at least 4 members (excludes halogenated alkanes) is 7. The molecule has 0 aromatic heterocycles. The summed E-state index contributed by atoms with van der Waals surface area (Å²) in [6.45, 7) is 2.18. The summed E-state index contributed by atoms with van der Waals surface area (Å²) < 4.78 is 0. The Kier molecular flexibility index (Phi) is 16.7. The fourth-order valence-corrected chi connectivity index (χ4v) is 2.22. The van der Waals surface area contributed by atoms with Gasteiger partial charge in [-0.25, -0.2) is 0 Å². The first-order chi connectivity index (χ1) is 10.8. The Bertz CT molecular complexity index is 327. The third kappa shape index (κ3) is 18.7. The van der Waals surface area contributed by atoms with Crippen molar-refractivity contribution in [1.82, 2.24) is 0 Å². The van der Waals surface area contributed by atoms with Crippen LogP contribution >= 0.6 is 0 Å². The molecule has 0 atom stereocenters. The topological polar surface area (TPSA) is 37.3 Å². The van der Waals surface area contributed by atoms with Gasteiger partial charge in [-0.2, -0.15) is 0 Å². The summed E-state index contributed by atoms with van der Waals surface area (Å²) in [7, 11) is 0. The first-order valence-electron chi connectivity index (χ1n) is 8.94. The van der Waals surface area contributed by atoms with E-state index in [4.69, 9.17) is 5.11 Å². The van der Waals surface area contributed by atoms with Gasteiger partial charge in [0.1, 0.15) is 0 Å². The van der Waals surface area contributed by atoms with Crippen molar-refractivity contribution >= 4 is 5.97 Å². The van der Waals surface area contributed by atoms with Crippen LogP contribution in [0.5, 0.6) is 0 Å². The number of aliphatic carboxylic acids is 1. The van der Waals surface area contributed by atoms with Crippen molar-refractivity contribution in [2.45, 2.75) is 84.0 Å². The van der Waals surface area contributed by atoms with Crippen molar-refractivity contribution in [3.63, 3.8) is 0 Å². The van der Waals surface area contributed by atoms with Gasteiger partial charge in [0, 0.05) is 6.42 Å². The first-order valence-corrected chi connectivity index (χ1v) is 8.94. The Morgan fingerprint density at radius 3 is 1.77 bits per heavy atom. The smallest absolute Gasteiger partial charge is 0.303 e. The summed E-state index contributed by atoms with van der Waals surface area (Å²) in [5.41, 5.74) is 0. The minimum atomic E-state index is -0.703. The molecule has 2 heteroatoms. The van der Waals surface area contributed by atoms with Crippen LogP contribution in [0.15, 0.2) is 36.5 Å². The van der Waals surface area contributed by atoms with E-state index in [2.05, 4.69) is 43.4 Å². The van der Waals surface area contributed by atoms with Crippen LogP contribution in [0, 0.1) is 0 Å². The highest BCUT2D eigenvalue weighted by Gasteiger charge is 1.92. The van der Waals surface area contributed by atoms with E-state index in [1.54, 1.807) is 0 Å². The number of carboxylic acid groups (broad SMARTS) is 1. The van der Waals surface area contributed by atoms with Crippen LogP contribution in [0.4, 0.5) is 0 Å². The fourth-order valence-electron chi connectivity index (χ4n) is 2.22. The van der Waals surface area contributed by atoms with Crippen molar-refractivity contribution in [1.29, 1.82) is 0 Å². The molecule has 0 amide bonds. The van der Waals surface area contributed by atoms with Gasteiger partial charge >= 0.3 is 5.97 Å². The van der Waals surface area contributed by atoms with Crippen LogP contribution < -0.4 is 0 Å². The lowest BCUT2D eigenvalue weighted by molar-refractivity contribution is -0.137. The van der Waals surface area contributed by atoms with Gasteiger partial charge in [-0.1, -0.05) is 62.6 Å². The second-order valence-electron chi connectivity index (χ2n) is 5.69. The van der Waals surface area contributed by atoms with Gasteiger partial charge in [-0.05, 0) is 51.4 Å². The predicted octanol–water partition coefficient (Wildman–Crippen LogP) is 6.44. The van der Waals surface area contributed by atoms with Gasteiger partial charge in [0.25, 0.3) is 0 Å². The molecule has 0 heterocycles. The lowest BCUT2D eigenvalue weighted by Crippen LogP contribution is -1.92. The van der Waals surface area contributed by atoms with E-state index in [-0.39, 0.29) is 6.42 Å². The molecule has 0 saturated heterocycles. The molecule has 2 nitrogen and oxygen atoms in total. The molecule has 126 valence electrons. The van der Waals surface area contributed by atoms with E-state index in [0.29, 0.717) is 0 Å². The monoisotopic (exact) mass is 306 g/mol. The molecular formula is C20H34O2. The van der Waals surface area contributed by atoms with Crippen molar-refractivity contribution < 1.29 is 9.90 Å². The van der Waals surface area contributed by atoms with Gasteiger partial charge < -0.3 is 5.11 Å². The Labute approximate surface area is 137 Å². The lowest BCUT2D eigenvalue weighted by atomic mass is 10.1. The van der Waals surface area contributed by atoms with Gasteiger partial charge in [0.2, 0.25) is 0 Å². The number of hydrogen-bond acceptors (Lipinski definition) is 1. The van der Waals surface area contributed by atoms with Gasteiger partial charge in [0.15, 0.2) is 0 Å². The molecule has 0 rings (SSSR count). The number of carbonyl (C=O) groups is 1. The maximum Gasteiger partial charge on any atom is 0.303 e. The predicted molar refractivity (Wildman–Crippen MR) is 96.1 cm³/mol. The van der Waals surface area contributed by atoms with Crippen molar-refractivity contribution in [3.8, 4) is 0 Å². The molecule has 0 aromatic rings. The lowest BCUT2D eigenvalue weighted by Gasteiger charge is -1.98.